The summed E-state index contributed by atoms with van der Waals surface area (Å²) >= 11 is 0. The Labute approximate surface area is 249 Å². The van der Waals surface area contributed by atoms with Crippen molar-refractivity contribution in [2.24, 2.45) is 5.41 Å². The lowest BCUT2D eigenvalue weighted by molar-refractivity contribution is -0.234. The number of benzene rings is 2. The lowest BCUT2D eigenvalue weighted by Gasteiger charge is -2.40. The Morgan fingerprint density at radius 1 is 1.05 bits per heavy atom. The molecule has 0 spiro atoms. The predicted molar refractivity (Wildman–Crippen MR) is 159 cm³/mol. The zero-order valence-corrected chi connectivity index (χ0v) is 24.3. The molecule has 2 aliphatic rings. The van der Waals surface area contributed by atoms with Gasteiger partial charge in [0, 0.05) is 31.4 Å². The van der Waals surface area contributed by atoms with Gasteiger partial charge in [-0.3, -0.25) is 4.79 Å². The Morgan fingerprint density at radius 3 is 2.47 bits per heavy atom. The maximum absolute atomic E-state index is 13.8. The van der Waals surface area contributed by atoms with Crippen molar-refractivity contribution in [3.63, 3.8) is 0 Å². The van der Waals surface area contributed by atoms with E-state index in [1.807, 2.05) is 36.1 Å². The lowest BCUT2D eigenvalue weighted by Crippen LogP contribution is -2.51. The molecule has 0 atom stereocenters. The molecule has 2 saturated heterocycles. The van der Waals surface area contributed by atoms with Gasteiger partial charge in [-0.15, -0.1) is 0 Å². The van der Waals surface area contributed by atoms with E-state index in [0.29, 0.717) is 41.0 Å². The number of carbonyl (C=O) groups excluding carboxylic acids is 1. The van der Waals surface area contributed by atoms with Crippen molar-refractivity contribution in [3.8, 4) is 28.4 Å². The maximum Gasteiger partial charge on any atom is 0.233 e. The van der Waals surface area contributed by atoms with Crippen LogP contribution in [0, 0.1) is 11.2 Å². The van der Waals surface area contributed by atoms with Gasteiger partial charge in [-0.05, 0) is 74.2 Å². The summed E-state index contributed by atoms with van der Waals surface area (Å²) in [5.74, 6) is 1.38. The summed E-state index contributed by atoms with van der Waals surface area (Å²) in [4.78, 5) is 32.4. The number of carbonyl (C=O) groups is 1. The Kier molecular flexibility index (Phi) is 8.35. The molecule has 2 fully saturated rings. The van der Waals surface area contributed by atoms with Gasteiger partial charge in [-0.1, -0.05) is 12.1 Å². The van der Waals surface area contributed by atoms with Gasteiger partial charge in [0.05, 0.1) is 42.8 Å². The minimum atomic E-state index is -0.801. The molecule has 1 amide bonds. The quantitative estimate of drug-likeness (QED) is 0.284. The number of halogens is 1. The maximum atomic E-state index is 13.8. The molecule has 4 aromatic rings. The Hall–Kier alpha value is -4.35. The van der Waals surface area contributed by atoms with Gasteiger partial charge in [0.25, 0.3) is 0 Å². The first kappa shape index (κ1) is 28.8. The summed E-state index contributed by atoms with van der Waals surface area (Å²) in [7, 11) is 1.63. The van der Waals surface area contributed by atoms with Crippen molar-refractivity contribution in [2.75, 3.05) is 38.7 Å². The highest BCUT2D eigenvalue weighted by Gasteiger charge is 2.43. The van der Waals surface area contributed by atoms with Crippen molar-refractivity contribution >= 4 is 11.9 Å². The van der Waals surface area contributed by atoms with Gasteiger partial charge in [0.1, 0.15) is 11.6 Å². The van der Waals surface area contributed by atoms with Crippen LogP contribution in [0.5, 0.6) is 5.75 Å². The number of anilines is 1. The fourth-order valence-corrected chi connectivity index (χ4v) is 5.38. The number of H-pyrrole nitrogens is 1. The standard InChI is InChI=1S/C32H35FN6O4/c1-32(30(40)39-16-4-3-5-17-39)19-42-29(43-20-32)28-37-26(22-8-10-23(33)11-9-22)27(38-28)25-14-15-34-31(36-25)35-18-21-6-12-24(41-2)13-7-21/h6-15,29H,3-5,16-20H2,1-2H3,(H,37,38)(H,34,35,36). The highest BCUT2D eigenvalue weighted by Crippen LogP contribution is 2.36. The summed E-state index contributed by atoms with van der Waals surface area (Å²) in [6.45, 7) is 4.38. The minimum Gasteiger partial charge on any atom is -0.497 e. The van der Waals surface area contributed by atoms with E-state index >= 15 is 0 Å². The van der Waals surface area contributed by atoms with Crippen LogP contribution in [0.1, 0.15) is 43.9 Å². The predicted octanol–water partition coefficient (Wildman–Crippen LogP) is 5.36. The van der Waals surface area contributed by atoms with Crippen LogP contribution in [0.15, 0.2) is 60.8 Å². The molecule has 0 radical (unpaired) electrons. The molecule has 2 aliphatic heterocycles. The van der Waals surface area contributed by atoms with Crippen molar-refractivity contribution in [1.82, 2.24) is 24.8 Å². The van der Waals surface area contributed by atoms with E-state index < -0.39 is 11.7 Å². The first-order chi connectivity index (χ1) is 20.9. The number of aromatic amines is 1. The Balaban J connectivity index is 1.23. The van der Waals surface area contributed by atoms with E-state index in [1.165, 1.54) is 12.1 Å². The largest absolute Gasteiger partial charge is 0.497 e. The van der Waals surface area contributed by atoms with E-state index in [1.54, 1.807) is 31.5 Å². The van der Waals surface area contributed by atoms with Crippen molar-refractivity contribution in [2.45, 2.75) is 39.0 Å². The monoisotopic (exact) mass is 586 g/mol. The second kappa shape index (κ2) is 12.5. The van der Waals surface area contributed by atoms with Crippen LogP contribution in [-0.2, 0) is 20.8 Å². The summed E-state index contributed by atoms with van der Waals surface area (Å²) in [6, 6.07) is 15.6. The highest BCUT2D eigenvalue weighted by atomic mass is 19.1. The van der Waals surface area contributed by atoms with E-state index in [2.05, 4.69) is 15.3 Å². The van der Waals surface area contributed by atoms with Gasteiger partial charge in [-0.2, -0.15) is 0 Å². The SMILES string of the molecule is COc1ccc(CNc2nccc(-c3[nH]c(C4OCC(C)(C(=O)N5CCCCC5)CO4)nc3-c3ccc(F)cc3)n2)cc1. The molecule has 43 heavy (non-hydrogen) atoms. The average Bonchev–Trinajstić information content (AvgIpc) is 3.50. The van der Waals surface area contributed by atoms with Gasteiger partial charge in [-0.25, -0.2) is 19.3 Å². The van der Waals surface area contributed by atoms with E-state index in [9.17, 15) is 9.18 Å². The van der Waals surface area contributed by atoms with Gasteiger partial charge < -0.3 is 29.4 Å². The lowest BCUT2D eigenvalue weighted by atomic mass is 9.89. The number of nitrogens with zero attached hydrogens (tertiary/aromatic N) is 4. The fraction of sp³-hybridized carbons (Fsp3) is 0.375. The first-order valence-electron chi connectivity index (χ1n) is 14.5. The molecule has 0 unspecified atom stereocenters. The van der Waals surface area contributed by atoms with Crippen molar-refractivity contribution in [3.05, 3.63) is 78.0 Å². The van der Waals surface area contributed by atoms with Crippen molar-refractivity contribution < 1.29 is 23.4 Å². The summed E-state index contributed by atoms with van der Waals surface area (Å²) in [5, 5.41) is 3.26. The molecule has 2 aromatic heterocycles. The molecule has 0 saturated carbocycles. The number of piperidine rings is 1. The third-order valence-corrected chi connectivity index (χ3v) is 7.85. The second-order valence-electron chi connectivity index (χ2n) is 11.2. The molecule has 4 heterocycles. The highest BCUT2D eigenvalue weighted by molar-refractivity contribution is 5.83. The molecule has 10 nitrogen and oxygen atoms in total. The smallest absolute Gasteiger partial charge is 0.233 e. The number of hydrogen-bond donors (Lipinski definition) is 2. The number of methoxy groups -OCH3 is 1. The molecule has 2 N–H and O–H groups in total. The molecule has 11 heteroatoms. The molecule has 0 aliphatic carbocycles. The van der Waals surface area contributed by atoms with Crippen LogP contribution < -0.4 is 10.1 Å². The molecule has 0 bridgehead atoms. The van der Waals surface area contributed by atoms with E-state index in [0.717, 1.165) is 43.7 Å². The average molecular weight is 587 g/mol. The summed E-state index contributed by atoms with van der Waals surface area (Å²) in [6.07, 6.45) is 4.06. The number of amides is 1. The zero-order chi connectivity index (χ0) is 29.8. The van der Waals surface area contributed by atoms with Crippen LogP contribution in [0.25, 0.3) is 22.6 Å². The molecular weight excluding hydrogens is 551 g/mol. The number of imidazole rings is 1. The van der Waals surface area contributed by atoms with Crippen LogP contribution in [-0.4, -0.2) is 64.2 Å². The normalized spacial score (nSPS) is 20.5. The third kappa shape index (κ3) is 6.37. The van der Waals surface area contributed by atoms with Crippen molar-refractivity contribution in [1.29, 1.82) is 0 Å². The summed E-state index contributed by atoms with van der Waals surface area (Å²) in [5.41, 5.74) is 2.75. The molecule has 224 valence electrons. The number of rotatable bonds is 8. The van der Waals surface area contributed by atoms with Crippen LogP contribution >= 0.6 is 0 Å². The topological polar surface area (TPSA) is 114 Å². The van der Waals surface area contributed by atoms with Gasteiger partial charge >= 0.3 is 0 Å². The minimum absolute atomic E-state index is 0.0634. The molecular formula is C32H35FN6O4. The third-order valence-electron chi connectivity index (χ3n) is 7.85. The second-order valence-corrected chi connectivity index (χ2v) is 11.2. The number of aromatic nitrogens is 4. The van der Waals surface area contributed by atoms with Gasteiger partial charge in [0.15, 0.2) is 5.82 Å². The molecule has 2 aromatic carbocycles. The first-order valence-corrected chi connectivity index (χ1v) is 14.5. The Morgan fingerprint density at radius 2 is 1.77 bits per heavy atom. The van der Waals surface area contributed by atoms with E-state index in [4.69, 9.17) is 24.2 Å². The zero-order valence-electron chi connectivity index (χ0n) is 24.3. The number of nitrogens with one attached hydrogen (secondary N) is 2. The Bertz CT molecular complexity index is 1550. The fourth-order valence-electron chi connectivity index (χ4n) is 5.38. The van der Waals surface area contributed by atoms with Crippen LogP contribution in [0.3, 0.4) is 0 Å². The number of ether oxygens (including phenoxy) is 3. The van der Waals surface area contributed by atoms with Crippen LogP contribution in [0.2, 0.25) is 0 Å². The number of hydrogen-bond acceptors (Lipinski definition) is 8. The van der Waals surface area contributed by atoms with E-state index in [-0.39, 0.29) is 24.9 Å². The number of likely N-dealkylation sites (tertiary alicyclic amines) is 1. The van der Waals surface area contributed by atoms with Gasteiger partial charge in [0.2, 0.25) is 18.1 Å². The molecule has 6 rings (SSSR count). The van der Waals surface area contributed by atoms with Crippen LogP contribution in [0.4, 0.5) is 10.3 Å². The summed E-state index contributed by atoms with van der Waals surface area (Å²) < 4.78 is 31.2.